The third-order valence-electron chi connectivity index (χ3n) is 3.13. The van der Waals surface area contributed by atoms with Gasteiger partial charge in [0, 0.05) is 17.0 Å². The van der Waals surface area contributed by atoms with E-state index in [0.29, 0.717) is 12.0 Å². The monoisotopic (exact) mass is 187 g/mol. The Kier molecular flexibility index (Phi) is 1.64. The van der Waals surface area contributed by atoms with E-state index in [1.54, 1.807) is 0 Å². The van der Waals surface area contributed by atoms with Gasteiger partial charge in [0.2, 0.25) is 0 Å². The van der Waals surface area contributed by atoms with Crippen LogP contribution < -0.4 is 5.73 Å². The number of para-hydroxylation sites is 1. The van der Waals surface area contributed by atoms with Gasteiger partial charge in [-0.3, -0.25) is 0 Å². The summed E-state index contributed by atoms with van der Waals surface area (Å²) >= 11 is 0. The number of nitrogens with two attached hydrogens (primary N) is 1. The van der Waals surface area contributed by atoms with Gasteiger partial charge >= 0.3 is 0 Å². The molecule has 1 aromatic heterocycles. The van der Waals surface area contributed by atoms with E-state index in [1.165, 1.54) is 10.9 Å². The SMILES string of the molecule is NC1CC(c2coc3ccccc23)C1. The lowest BCUT2D eigenvalue weighted by atomic mass is 9.76. The molecule has 2 heteroatoms. The van der Waals surface area contributed by atoms with Gasteiger partial charge in [-0.25, -0.2) is 0 Å². The van der Waals surface area contributed by atoms with Gasteiger partial charge in [0.25, 0.3) is 0 Å². The van der Waals surface area contributed by atoms with E-state index in [0.717, 1.165) is 18.4 Å². The van der Waals surface area contributed by atoms with Crippen molar-refractivity contribution in [2.75, 3.05) is 0 Å². The number of hydrogen-bond acceptors (Lipinski definition) is 2. The number of fused-ring (bicyclic) bond motifs is 1. The summed E-state index contributed by atoms with van der Waals surface area (Å²) in [5.74, 6) is 0.619. The molecule has 0 saturated heterocycles. The van der Waals surface area contributed by atoms with Crippen LogP contribution in [0.4, 0.5) is 0 Å². The van der Waals surface area contributed by atoms with Crippen molar-refractivity contribution in [2.24, 2.45) is 5.73 Å². The highest BCUT2D eigenvalue weighted by Gasteiger charge is 2.29. The Morgan fingerprint density at radius 3 is 2.79 bits per heavy atom. The molecule has 2 N–H and O–H groups in total. The first kappa shape index (κ1) is 8.06. The molecule has 14 heavy (non-hydrogen) atoms. The largest absolute Gasteiger partial charge is 0.464 e. The Balaban J connectivity index is 2.05. The van der Waals surface area contributed by atoms with Crippen molar-refractivity contribution in [1.29, 1.82) is 0 Å². The molecule has 0 bridgehead atoms. The van der Waals surface area contributed by atoms with Crippen LogP contribution in [0, 0.1) is 0 Å². The number of benzene rings is 1. The van der Waals surface area contributed by atoms with Crippen LogP contribution in [0.2, 0.25) is 0 Å². The van der Waals surface area contributed by atoms with E-state index in [4.69, 9.17) is 10.2 Å². The Labute approximate surface area is 82.7 Å². The van der Waals surface area contributed by atoms with Gasteiger partial charge in [-0.1, -0.05) is 18.2 Å². The van der Waals surface area contributed by atoms with Crippen molar-refractivity contribution in [3.63, 3.8) is 0 Å². The van der Waals surface area contributed by atoms with Crippen molar-refractivity contribution in [2.45, 2.75) is 24.8 Å². The molecule has 0 amide bonds. The lowest BCUT2D eigenvalue weighted by Gasteiger charge is -2.31. The molecular formula is C12H13NO. The maximum Gasteiger partial charge on any atom is 0.134 e. The first-order valence-corrected chi connectivity index (χ1v) is 5.06. The molecule has 72 valence electrons. The van der Waals surface area contributed by atoms with Crippen LogP contribution in [0.1, 0.15) is 24.3 Å². The number of furan rings is 1. The van der Waals surface area contributed by atoms with Gasteiger partial charge in [0.15, 0.2) is 0 Å². The second-order valence-electron chi connectivity index (χ2n) is 4.12. The van der Waals surface area contributed by atoms with Crippen molar-refractivity contribution in [1.82, 2.24) is 0 Å². The molecule has 1 aromatic carbocycles. The van der Waals surface area contributed by atoms with Crippen LogP contribution in [0.25, 0.3) is 11.0 Å². The first-order chi connectivity index (χ1) is 6.84. The Bertz CT molecular complexity index is 454. The van der Waals surface area contributed by atoms with Crippen molar-refractivity contribution in [3.8, 4) is 0 Å². The second-order valence-corrected chi connectivity index (χ2v) is 4.12. The van der Waals surface area contributed by atoms with E-state index in [9.17, 15) is 0 Å². The van der Waals surface area contributed by atoms with E-state index in [2.05, 4.69) is 12.1 Å². The normalized spacial score (nSPS) is 26.4. The van der Waals surface area contributed by atoms with Gasteiger partial charge in [0.1, 0.15) is 5.58 Å². The molecule has 0 unspecified atom stereocenters. The van der Waals surface area contributed by atoms with Crippen LogP contribution in [-0.4, -0.2) is 6.04 Å². The molecule has 1 aliphatic carbocycles. The predicted molar refractivity (Wildman–Crippen MR) is 56.2 cm³/mol. The summed E-state index contributed by atoms with van der Waals surface area (Å²) in [5.41, 5.74) is 8.11. The highest BCUT2D eigenvalue weighted by Crippen LogP contribution is 2.39. The minimum Gasteiger partial charge on any atom is -0.464 e. The molecule has 2 nitrogen and oxygen atoms in total. The summed E-state index contributed by atoms with van der Waals surface area (Å²) in [7, 11) is 0. The third kappa shape index (κ3) is 1.07. The molecule has 1 heterocycles. The predicted octanol–water partition coefficient (Wildman–Crippen LogP) is 2.64. The Morgan fingerprint density at radius 2 is 2.00 bits per heavy atom. The maximum absolute atomic E-state index is 5.79. The summed E-state index contributed by atoms with van der Waals surface area (Å²) in [6.07, 6.45) is 4.09. The lowest BCUT2D eigenvalue weighted by Crippen LogP contribution is -2.34. The molecule has 0 atom stereocenters. The van der Waals surface area contributed by atoms with Gasteiger partial charge in [-0.05, 0) is 24.8 Å². The zero-order valence-corrected chi connectivity index (χ0v) is 7.94. The zero-order valence-electron chi connectivity index (χ0n) is 7.94. The highest BCUT2D eigenvalue weighted by molar-refractivity contribution is 5.81. The number of rotatable bonds is 1. The lowest BCUT2D eigenvalue weighted by molar-refractivity contribution is 0.351. The summed E-state index contributed by atoms with van der Waals surface area (Å²) in [6, 6.07) is 8.59. The van der Waals surface area contributed by atoms with Gasteiger partial charge in [-0.15, -0.1) is 0 Å². The van der Waals surface area contributed by atoms with Crippen molar-refractivity contribution >= 4 is 11.0 Å². The average molecular weight is 187 g/mol. The van der Waals surface area contributed by atoms with Crippen LogP contribution in [0.5, 0.6) is 0 Å². The summed E-state index contributed by atoms with van der Waals surface area (Å²) in [5, 5.41) is 1.25. The Morgan fingerprint density at radius 1 is 1.21 bits per heavy atom. The average Bonchev–Trinajstić information content (AvgIpc) is 2.56. The van der Waals surface area contributed by atoms with E-state index in [-0.39, 0.29) is 0 Å². The van der Waals surface area contributed by atoms with Crippen molar-refractivity contribution in [3.05, 3.63) is 36.1 Å². The fourth-order valence-electron chi connectivity index (χ4n) is 2.23. The fraction of sp³-hybridized carbons (Fsp3) is 0.333. The van der Waals surface area contributed by atoms with Crippen LogP contribution in [0.3, 0.4) is 0 Å². The standard InChI is InChI=1S/C12H13NO/c13-9-5-8(6-9)11-7-14-12-4-2-1-3-10(11)12/h1-4,7-9H,5-6,13H2. The third-order valence-corrected chi connectivity index (χ3v) is 3.13. The summed E-state index contributed by atoms with van der Waals surface area (Å²) in [6.45, 7) is 0. The molecule has 0 aliphatic heterocycles. The van der Waals surface area contributed by atoms with Crippen LogP contribution in [0.15, 0.2) is 34.9 Å². The first-order valence-electron chi connectivity index (χ1n) is 5.06. The van der Waals surface area contributed by atoms with Gasteiger partial charge in [-0.2, -0.15) is 0 Å². The summed E-state index contributed by atoms with van der Waals surface area (Å²) < 4.78 is 5.50. The quantitative estimate of drug-likeness (QED) is 0.745. The molecule has 1 saturated carbocycles. The zero-order chi connectivity index (χ0) is 9.54. The topological polar surface area (TPSA) is 39.2 Å². The molecule has 0 radical (unpaired) electrons. The minimum atomic E-state index is 0.397. The molecule has 2 aromatic rings. The summed E-state index contributed by atoms with van der Waals surface area (Å²) in [4.78, 5) is 0. The molecule has 1 aliphatic rings. The fourth-order valence-corrected chi connectivity index (χ4v) is 2.23. The molecule has 1 fully saturated rings. The smallest absolute Gasteiger partial charge is 0.134 e. The van der Waals surface area contributed by atoms with E-state index < -0.39 is 0 Å². The Hall–Kier alpha value is -1.28. The second kappa shape index (κ2) is 2.85. The van der Waals surface area contributed by atoms with Gasteiger partial charge < -0.3 is 10.2 Å². The number of hydrogen-bond donors (Lipinski definition) is 1. The molecule has 0 spiro atoms. The molecular weight excluding hydrogens is 174 g/mol. The van der Waals surface area contributed by atoms with E-state index in [1.807, 2.05) is 18.4 Å². The maximum atomic E-state index is 5.79. The van der Waals surface area contributed by atoms with Crippen LogP contribution >= 0.6 is 0 Å². The van der Waals surface area contributed by atoms with E-state index >= 15 is 0 Å². The highest BCUT2D eigenvalue weighted by atomic mass is 16.3. The van der Waals surface area contributed by atoms with Crippen LogP contribution in [-0.2, 0) is 0 Å². The molecule has 3 rings (SSSR count). The minimum absolute atomic E-state index is 0.397. The van der Waals surface area contributed by atoms with Crippen molar-refractivity contribution < 1.29 is 4.42 Å². The van der Waals surface area contributed by atoms with Gasteiger partial charge in [0.05, 0.1) is 6.26 Å².